The van der Waals surface area contributed by atoms with Gasteiger partial charge in [-0.15, -0.1) is 11.8 Å². The molecule has 0 spiro atoms. The Hall–Kier alpha value is -1.45. The number of nitrogens with two attached hydrogens (primary N) is 1. The predicted molar refractivity (Wildman–Crippen MR) is 81.7 cm³/mol. The van der Waals surface area contributed by atoms with Crippen molar-refractivity contribution in [3.8, 4) is 5.75 Å². The smallest absolute Gasteiger partial charge is 0.119 e. The number of hydrogen-bond donors (Lipinski definition) is 1. The van der Waals surface area contributed by atoms with Gasteiger partial charge in [-0.05, 0) is 36.8 Å². The molecule has 0 aliphatic carbocycles. The zero-order chi connectivity index (χ0) is 13.5. The van der Waals surface area contributed by atoms with Crippen molar-refractivity contribution in [2.45, 2.75) is 17.9 Å². The maximum absolute atomic E-state index is 5.85. The molecule has 1 atom stereocenters. The molecule has 2 N–H and O–H groups in total. The van der Waals surface area contributed by atoms with Crippen LogP contribution < -0.4 is 10.5 Å². The summed E-state index contributed by atoms with van der Waals surface area (Å²) in [5.74, 6) is 1.83. The van der Waals surface area contributed by atoms with E-state index in [0.717, 1.165) is 17.1 Å². The lowest BCUT2D eigenvalue weighted by Gasteiger charge is -2.10. The quantitative estimate of drug-likeness (QED) is 0.641. The van der Waals surface area contributed by atoms with E-state index < -0.39 is 0 Å². The fourth-order valence-corrected chi connectivity index (χ4v) is 2.48. The molecule has 2 aromatic carbocycles. The van der Waals surface area contributed by atoms with E-state index in [1.54, 1.807) is 11.8 Å². The van der Waals surface area contributed by atoms with Gasteiger partial charge in [-0.25, -0.2) is 0 Å². The standard InChI is InChI=1S/C16H19NOS/c1-13(17)14-6-5-7-15(12-14)18-10-11-19-16-8-3-2-4-9-16/h2-9,12-13H,10-11,17H2,1H3/t13-/m1/s1. The molecule has 0 amide bonds. The second-order valence-electron chi connectivity index (χ2n) is 4.37. The van der Waals surface area contributed by atoms with Crippen molar-refractivity contribution < 1.29 is 4.74 Å². The molecule has 0 saturated heterocycles. The van der Waals surface area contributed by atoms with Crippen LogP contribution in [-0.2, 0) is 0 Å². The molecule has 0 bridgehead atoms. The Morgan fingerprint density at radius 2 is 1.89 bits per heavy atom. The summed E-state index contributed by atoms with van der Waals surface area (Å²) in [5.41, 5.74) is 6.96. The molecule has 0 fully saturated rings. The van der Waals surface area contributed by atoms with E-state index in [1.807, 2.05) is 37.3 Å². The zero-order valence-corrected chi connectivity index (χ0v) is 11.9. The molecule has 0 radical (unpaired) electrons. The highest BCUT2D eigenvalue weighted by Crippen LogP contribution is 2.19. The summed E-state index contributed by atoms with van der Waals surface area (Å²) in [6, 6.07) is 18.4. The van der Waals surface area contributed by atoms with Crippen LogP contribution in [0.5, 0.6) is 5.75 Å². The first-order chi connectivity index (χ1) is 9.25. The first-order valence-electron chi connectivity index (χ1n) is 6.42. The average Bonchev–Trinajstić information content (AvgIpc) is 2.45. The van der Waals surface area contributed by atoms with Gasteiger partial charge in [0.25, 0.3) is 0 Å². The molecule has 0 aliphatic rings. The van der Waals surface area contributed by atoms with Gasteiger partial charge >= 0.3 is 0 Å². The Kier molecular flexibility index (Phi) is 5.31. The van der Waals surface area contributed by atoms with Gasteiger partial charge in [-0.3, -0.25) is 0 Å². The van der Waals surface area contributed by atoms with E-state index in [1.165, 1.54) is 4.90 Å². The van der Waals surface area contributed by atoms with E-state index in [4.69, 9.17) is 10.5 Å². The molecule has 2 nitrogen and oxygen atoms in total. The van der Waals surface area contributed by atoms with Gasteiger partial charge < -0.3 is 10.5 Å². The Morgan fingerprint density at radius 1 is 1.11 bits per heavy atom. The first kappa shape index (κ1) is 14.0. The van der Waals surface area contributed by atoms with Crippen molar-refractivity contribution in [1.82, 2.24) is 0 Å². The van der Waals surface area contributed by atoms with E-state index in [2.05, 4.69) is 24.3 Å². The van der Waals surface area contributed by atoms with E-state index in [-0.39, 0.29) is 6.04 Å². The van der Waals surface area contributed by atoms with Gasteiger partial charge in [0.2, 0.25) is 0 Å². The summed E-state index contributed by atoms with van der Waals surface area (Å²) in [6.07, 6.45) is 0. The van der Waals surface area contributed by atoms with Crippen LogP contribution in [0.3, 0.4) is 0 Å². The number of hydrogen-bond acceptors (Lipinski definition) is 3. The lowest BCUT2D eigenvalue weighted by atomic mass is 10.1. The molecule has 0 aromatic heterocycles. The first-order valence-corrected chi connectivity index (χ1v) is 7.40. The summed E-state index contributed by atoms with van der Waals surface area (Å²) < 4.78 is 5.74. The van der Waals surface area contributed by atoms with Gasteiger partial charge in [0.05, 0.1) is 6.61 Å². The second-order valence-corrected chi connectivity index (χ2v) is 5.54. The minimum absolute atomic E-state index is 0.0437. The zero-order valence-electron chi connectivity index (χ0n) is 11.1. The molecule has 0 unspecified atom stereocenters. The van der Waals surface area contributed by atoms with Crippen LogP contribution in [-0.4, -0.2) is 12.4 Å². The van der Waals surface area contributed by atoms with Gasteiger partial charge in [-0.2, -0.15) is 0 Å². The third-order valence-electron chi connectivity index (χ3n) is 2.75. The van der Waals surface area contributed by atoms with Gasteiger partial charge in [0.1, 0.15) is 5.75 Å². The van der Waals surface area contributed by atoms with Gasteiger partial charge in [0, 0.05) is 16.7 Å². The van der Waals surface area contributed by atoms with Crippen molar-refractivity contribution in [3.63, 3.8) is 0 Å². The van der Waals surface area contributed by atoms with Gasteiger partial charge in [0.15, 0.2) is 0 Å². The van der Waals surface area contributed by atoms with Crippen molar-refractivity contribution in [1.29, 1.82) is 0 Å². The summed E-state index contributed by atoms with van der Waals surface area (Å²) in [6.45, 7) is 2.67. The van der Waals surface area contributed by atoms with E-state index in [0.29, 0.717) is 6.61 Å². The van der Waals surface area contributed by atoms with Crippen molar-refractivity contribution >= 4 is 11.8 Å². The maximum Gasteiger partial charge on any atom is 0.119 e. The Labute approximate surface area is 119 Å². The number of benzene rings is 2. The molecule has 2 rings (SSSR count). The largest absolute Gasteiger partial charge is 0.493 e. The Balaban J connectivity index is 1.78. The molecular weight excluding hydrogens is 254 g/mol. The normalized spacial score (nSPS) is 12.1. The summed E-state index contributed by atoms with van der Waals surface area (Å²) in [5, 5.41) is 0. The topological polar surface area (TPSA) is 35.2 Å². The number of thioether (sulfide) groups is 1. The molecular formula is C16H19NOS. The molecule has 100 valence electrons. The third-order valence-corrected chi connectivity index (χ3v) is 3.72. The average molecular weight is 273 g/mol. The highest BCUT2D eigenvalue weighted by Gasteiger charge is 2.01. The Bertz CT molecular complexity index is 499. The van der Waals surface area contributed by atoms with E-state index in [9.17, 15) is 0 Å². The summed E-state index contributed by atoms with van der Waals surface area (Å²) in [4.78, 5) is 1.27. The second kappa shape index (κ2) is 7.22. The highest BCUT2D eigenvalue weighted by atomic mass is 32.2. The SMILES string of the molecule is C[C@@H](N)c1cccc(OCCSc2ccccc2)c1. The van der Waals surface area contributed by atoms with Crippen LogP contribution in [0.1, 0.15) is 18.5 Å². The lowest BCUT2D eigenvalue weighted by molar-refractivity contribution is 0.343. The lowest BCUT2D eigenvalue weighted by Crippen LogP contribution is -2.06. The fraction of sp³-hybridized carbons (Fsp3) is 0.250. The third kappa shape index (κ3) is 4.62. The monoisotopic (exact) mass is 273 g/mol. The fourth-order valence-electron chi connectivity index (χ4n) is 1.72. The Morgan fingerprint density at radius 3 is 2.63 bits per heavy atom. The van der Waals surface area contributed by atoms with Crippen LogP contribution in [0, 0.1) is 0 Å². The number of rotatable bonds is 6. The van der Waals surface area contributed by atoms with Crippen LogP contribution in [0.2, 0.25) is 0 Å². The molecule has 0 aliphatic heterocycles. The van der Waals surface area contributed by atoms with E-state index >= 15 is 0 Å². The summed E-state index contributed by atoms with van der Waals surface area (Å²) >= 11 is 1.80. The van der Waals surface area contributed by atoms with Crippen LogP contribution >= 0.6 is 11.8 Å². The minimum atomic E-state index is 0.0437. The molecule has 2 aromatic rings. The summed E-state index contributed by atoms with van der Waals surface area (Å²) in [7, 11) is 0. The molecule has 3 heteroatoms. The highest BCUT2D eigenvalue weighted by molar-refractivity contribution is 7.99. The van der Waals surface area contributed by atoms with Crippen LogP contribution in [0.15, 0.2) is 59.5 Å². The molecule has 0 heterocycles. The minimum Gasteiger partial charge on any atom is -0.493 e. The van der Waals surface area contributed by atoms with Crippen molar-refractivity contribution in [2.75, 3.05) is 12.4 Å². The van der Waals surface area contributed by atoms with Crippen molar-refractivity contribution in [2.24, 2.45) is 5.73 Å². The van der Waals surface area contributed by atoms with Crippen LogP contribution in [0.25, 0.3) is 0 Å². The van der Waals surface area contributed by atoms with Crippen LogP contribution in [0.4, 0.5) is 0 Å². The van der Waals surface area contributed by atoms with Gasteiger partial charge in [-0.1, -0.05) is 30.3 Å². The molecule has 0 saturated carbocycles. The predicted octanol–water partition coefficient (Wildman–Crippen LogP) is 3.88. The van der Waals surface area contributed by atoms with Crippen molar-refractivity contribution in [3.05, 3.63) is 60.2 Å². The number of ether oxygens (including phenoxy) is 1. The maximum atomic E-state index is 5.85. The molecule has 19 heavy (non-hydrogen) atoms.